The molecule has 2 heterocycles. The highest BCUT2D eigenvalue weighted by atomic mass is 16.5. The van der Waals surface area contributed by atoms with Crippen molar-refractivity contribution >= 4 is 43.4 Å². The van der Waals surface area contributed by atoms with Gasteiger partial charge in [0.1, 0.15) is 17.3 Å². The molecule has 0 aliphatic carbocycles. The Morgan fingerprint density at radius 3 is 1.80 bits per heavy atom. The van der Waals surface area contributed by atoms with Crippen LogP contribution < -0.4 is 4.74 Å². The largest absolute Gasteiger partial charge is 0.507 e. The molecule has 0 aliphatic rings. The van der Waals surface area contributed by atoms with Crippen LogP contribution in [0.4, 0.5) is 0 Å². The number of aromatic nitrogens is 3. The van der Waals surface area contributed by atoms with E-state index in [0.717, 1.165) is 50.2 Å². The minimum atomic E-state index is -0.311. The number of phenols is 1. The average molecular weight is 718 g/mol. The zero-order valence-electron chi connectivity index (χ0n) is 32.1. The molecule has 55 heavy (non-hydrogen) atoms. The van der Waals surface area contributed by atoms with Crippen molar-refractivity contribution in [3.05, 3.63) is 157 Å². The highest BCUT2D eigenvalue weighted by Crippen LogP contribution is 2.45. The van der Waals surface area contributed by atoms with Crippen molar-refractivity contribution in [3.8, 4) is 45.7 Å². The molecule has 0 spiro atoms. The smallest absolute Gasteiger partial charge is 0.219 e. The quantitative estimate of drug-likeness (QED) is 0.180. The molecule has 5 heteroatoms. The van der Waals surface area contributed by atoms with Gasteiger partial charge in [0.15, 0.2) is 0 Å². The normalized spacial score (nSPS) is 12.3. The summed E-state index contributed by atoms with van der Waals surface area (Å²) >= 11 is 0. The first kappa shape index (κ1) is 34.3. The molecular weight excluding hydrogens is 675 g/mol. The fraction of sp³-hybridized carbons (Fsp3) is 0.160. The van der Waals surface area contributed by atoms with Crippen LogP contribution in [0.2, 0.25) is 0 Å². The fourth-order valence-corrected chi connectivity index (χ4v) is 7.82. The number of ether oxygens (including phenoxy) is 1. The average Bonchev–Trinajstić information content (AvgIpc) is 3.57. The summed E-state index contributed by atoms with van der Waals surface area (Å²) in [7, 11) is 0. The van der Waals surface area contributed by atoms with Crippen molar-refractivity contribution in [2.75, 3.05) is 0 Å². The van der Waals surface area contributed by atoms with Gasteiger partial charge in [0, 0.05) is 22.9 Å². The second-order valence-corrected chi connectivity index (χ2v) is 16.5. The Kier molecular flexibility index (Phi) is 8.01. The van der Waals surface area contributed by atoms with Gasteiger partial charge in [-0.25, -0.2) is 9.97 Å². The van der Waals surface area contributed by atoms with Crippen LogP contribution in [0.3, 0.4) is 0 Å². The first-order chi connectivity index (χ1) is 26.5. The molecule has 0 saturated carbocycles. The van der Waals surface area contributed by atoms with Gasteiger partial charge < -0.3 is 9.84 Å². The summed E-state index contributed by atoms with van der Waals surface area (Å²) in [5.41, 5.74) is 6.49. The van der Waals surface area contributed by atoms with E-state index in [0.29, 0.717) is 17.3 Å². The third kappa shape index (κ3) is 5.97. The monoisotopic (exact) mass is 717 g/mol. The minimum Gasteiger partial charge on any atom is -0.507 e. The van der Waals surface area contributed by atoms with E-state index >= 15 is 0 Å². The van der Waals surface area contributed by atoms with E-state index in [2.05, 4.69) is 143 Å². The van der Waals surface area contributed by atoms with Crippen LogP contribution in [-0.2, 0) is 10.8 Å². The number of phenolic OH excluding ortho intramolecular Hbond substituents is 1. The molecular formula is C50H43N3O2. The molecule has 0 saturated heterocycles. The topological polar surface area (TPSA) is 60.2 Å². The van der Waals surface area contributed by atoms with Crippen molar-refractivity contribution < 1.29 is 9.84 Å². The molecule has 0 radical (unpaired) electrons. The number of nitrogens with zero attached hydrogens (tertiary/aromatic N) is 3. The molecule has 1 N–H and O–H groups in total. The lowest BCUT2D eigenvalue weighted by Gasteiger charge is -2.27. The number of hydrogen-bond donors (Lipinski definition) is 1. The van der Waals surface area contributed by atoms with E-state index in [4.69, 9.17) is 14.7 Å². The Hall–Kier alpha value is -6.46. The maximum atomic E-state index is 12.3. The van der Waals surface area contributed by atoms with Gasteiger partial charge in [0.05, 0.1) is 22.3 Å². The van der Waals surface area contributed by atoms with Gasteiger partial charge in [0.25, 0.3) is 0 Å². The Balaban J connectivity index is 1.35. The first-order valence-electron chi connectivity index (χ1n) is 18.9. The molecule has 0 aliphatic heterocycles. The number of rotatable bonds is 5. The Morgan fingerprint density at radius 2 is 1.15 bits per heavy atom. The molecule has 270 valence electrons. The van der Waals surface area contributed by atoms with E-state index in [1.807, 2.05) is 48.5 Å². The second-order valence-electron chi connectivity index (χ2n) is 16.5. The van der Waals surface area contributed by atoms with E-state index in [1.165, 1.54) is 26.9 Å². The van der Waals surface area contributed by atoms with Gasteiger partial charge in [-0.2, -0.15) is 0 Å². The lowest BCUT2D eigenvalue weighted by Crippen LogP contribution is -2.17. The lowest BCUT2D eigenvalue weighted by atomic mass is 9.79. The molecule has 0 unspecified atom stereocenters. The molecule has 0 bridgehead atoms. The van der Waals surface area contributed by atoms with Crippen LogP contribution in [0.25, 0.3) is 71.7 Å². The number of imidazole rings is 1. The zero-order chi connectivity index (χ0) is 38.1. The van der Waals surface area contributed by atoms with Crippen LogP contribution >= 0.6 is 0 Å². The minimum absolute atomic E-state index is 0.170. The predicted molar refractivity (Wildman–Crippen MR) is 228 cm³/mol. The fourth-order valence-electron chi connectivity index (χ4n) is 7.82. The number of benzene rings is 7. The summed E-state index contributed by atoms with van der Waals surface area (Å²) in [6, 6.07) is 50.0. The van der Waals surface area contributed by atoms with Crippen molar-refractivity contribution in [1.82, 2.24) is 14.5 Å². The van der Waals surface area contributed by atoms with Gasteiger partial charge in [-0.1, -0.05) is 139 Å². The standard InChI is InChI=1S/C50H43N3O2/c1-49(2,3)31-28-41(47(54)42(29-31)50(4,5)6)48-52-46-39(43-23-15-25-45(51-43)55-33-16-8-7-9-17-33)22-14-24-44(46)53(48)32-26-27-38-36-20-11-10-18-34(36)35-19-12-13-21-37(35)40(38)30-32/h7-30,54H,1-6H3. The summed E-state index contributed by atoms with van der Waals surface area (Å²) in [6.45, 7) is 13.1. The summed E-state index contributed by atoms with van der Waals surface area (Å²) in [6.07, 6.45) is 0. The number of para-hydroxylation sites is 2. The molecule has 0 fully saturated rings. The van der Waals surface area contributed by atoms with Gasteiger partial charge in [-0.15, -0.1) is 0 Å². The van der Waals surface area contributed by atoms with Crippen molar-refractivity contribution in [1.29, 1.82) is 0 Å². The second kappa shape index (κ2) is 12.8. The van der Waals surface area contributed by atoms with Gasteiger partial charge in [0.2, 0.25) is 5.88 Å². The first-order valence-corrected chi connectivity index (χ1v) is 18.9. The number of fused-ring (bicyclic) bond motifs is 7. The summed E-state index contributed by atoms with van der Waals surface area (Å²) in [4.78, 5) is 10.4. The van der Waals surface area contributed by atoms with Gasteiger partial charge in [-0.3, -0.25) is 4.57 Å². The number of aromatic hydroxyl groups is 1. The molecule has 0 amide bonds. The van der Waals surface area contributed by atoms with Crippen LogP contribution in [0.5, 0.6) is 17.4 Å². The van der Waals surface area contributed by atoms with Crippen LogP contribution in [0.15, 0.2) is 146 Å². The van der Waals surface area contributed by atoms with Gasteiger partial charge >= 0.3 is 0 Å². The van der Waals surface area contributed by atoms with Crippen molar-refractivity contribution in [3.63, 3.8) is 0 Å². The van der Waals surface area contributed by atoms with E-state index < -0.39 is 0 Å². The van der Waals surface area contributed by atoms with Crippen LogP contribution in [0, 0.1) is 0 Å². The van der Waals surface area contributed by atoms with E-state index in [-0.39, 0.29) is 16.6 Å². The molecule has 0 atom stereocenters. The maximum absolute atomic E-state index is 12.3. The predicted octanol–water partition coefficient (Wildman–Crippen LogP) is 13.3. The molecule has 9 rings (SSSR count). The number of hydrogen-bond acceptors (Lipinski definition) is 4. The summed E-state index contributed by atoms with van der Waals surface area (Å²) in [5.74, 6) is 2.13. The molecule has 7 aromatic carbocycles. The van der Waals surface area contributed by atoms with E-state index in [9.17, 15) is 5.11 Å². The highest BCUT2D eigenvalue weighted by Gasteiger charge is 2.29. The molecule has 5 nitrogen and oxygen atoms in total. The third-order valence-electron chi connectivity index (χ3n) is 10.7. The van der Waals surface area contributed by atoms with Crippen LogP contribution in [0.1, 0.15) is 52.7 Å². The van der Waals surface area contributed by atoms with Gasteiger partial charge in [-0.05, 0) is 91.2 Å². The zero-order valence-corrected chi connectivity index (χ0v) is 32.1. The lowest BCUT2D eigenvalue weighted by molar-refractivity contribution is 0.446. The van der Waals surface area contributed by atoms with Crippen LogP contribution in [-0.4, -0.2) is 19.6 Å². The Labute approximate surface area is 321 Å². The number of pyridine rings is 1. The highest BCUT2D eigenvalue weighted by molar-refractivity contribution is 6.25. The van der Waals surface area contributed by atoms with Crippen molar-refractivity contribution in [2.24, 2.45) is 0 Å². The molecule has 9 aromatic rings. The summed E-state index contributed by atoms with van der Waals surface area (Å²) < 4.78 is 8.37. The van der Waals surface area contributed by atoms with E-state index in [1.54, 1.807) is 0 Å². The third-order valence-corrected chi connectivity index (χ3v) is 10.7. The SMILES string of the molecule is CC(C)(C)c1cc(-c2nc3c(-c4cccc(Oc5ccccc5)n4)cccc3n2-c2ccc3c4ccccc4c4ccccc4c3c2)c(O)c(C(C)(C)C)c1. The summed E-state index contributed by atoms with van der Waals surface area (Å²) in [5, 5.41) is 19.5. The maximum Gasteiger partial charge on any atom is 0.219 e. The van der Waals surface area contributed by atoms with Crippen molar-refractivity contribution in [2.45, 2.75) is 52.4 Å². The Morgan fingerprint density at radius 1 is 0.527 bits per heavy atom. The molecule has 2 aromatic heterocycles. The Bertz CT molecular complexity index is 2890.